The topological polar surface area (TPSA) is 12.0 Å². The number of hydrogen-bond acceptors (Lipinski definition) is 1. The molecular formula is C19H29N. The molecular weight excluding hydrogens is 242 g/mol. The van der Waals surface area contributed by atoms with Crippen molar-refractivity contribution >= 4 is 0 Å². The van der Waals surface area contributed by atoms with E-state index in [4.69, 9.17) is 0 Å². The molecule has 2 aliphatic rings. The van der Waals surface area contributed by atoms with Crippen LogP contribution in [-0.4, -0.2) is 12.6 Å². The molecule has 0 aliphatic heterocycles. The fourth-order valence-corrected chi connectivity index (χ4v) is 4.54. The zero-order valence-electron chi connectivity index (χ0n) is 13.3. The van der Waals surface area contributed by atoms with Gasteiger partial charge in [-0.05, 0) is 80.5 Å². The first-order chi connectivity index (χ1) is 9.72. The molecule has 1 nitrogen and oxygen atoms in total. The van der Waals surface area contributed by atoms with E-state index in [-0.39, 0.29) is 0 Å². The van der Waals surface area contributed by atoms with Crippen LogP contribution in [0.25, 0.3) is 0 Å². The molecule has 3 atom stereocenters. The van der Waals surface area contributed by atoms with E-state index in [0.29, 0.717) is 6.04 Å². The van der Waals surface area contributed by atoms with E-state index in [1.54, 1.807) is 5.56 Å². The molecule has 110 valence electrons. The van der Waals surface area contributed by atoms with Crippen molar-refractivity contribution < 1.29 is 0 Å². The highest BCUT2D eigenvalue weighted by Crippen LogP contribution is 2.59. The molecule has 2 fully saturated rings. The molecule has 1 heteroatoms. The van der Waals surface area contributed by atoms with Crippen LogP contribution in [0.5, 0.6) is 0 Å². The van der Waals surface area contributed by atoms with E-state index in [0.717, 1.165) is 17.8 Å². The summed E-state index contributed by atoms with van der Waals surface area (Å²) < 4.78 is 0. The van der Waals surface area contributed by atoms with Crippen molar-refractivity contribution in [1.29, 1.82) is 0 Å². The average molecular weight is 271 g/mol. The SMILES string of the molecule is CCCNC(Cc1c(C)cccc1C)C1C2CCCC21. The van der Waals surface area contributed by atoms with Gasteiger partial charge < -0.3 is 5.32 Å². The lowest BCUT2D eigenvalue weighted by atomic mass is 9.92. The molecule has 0 spiro atoms. The Labute approximate surface area is 124 Å². The van der Waals surface area contributed by atoms with E-state index < -0.39 is 0 Å². The number of nitrogens with one attached hydrogen (secondary N) is 1. The lowest BCUT2D eigenvalue weighted by Gasteiger charge is -2.22. The summed E-state index contributed by atoms with van der Waals surface area (Å²) >= 11 is 0. The van der Waals surface area contributed by atoms with Gasteiger partial charge in [-0.2, -0.15) is 0 Å². The Morgan fingerprint density at radius 1 is 1.15 bits per heavy atom. The van der Waals surface area contributed by atoms with Crippen LogP contribution in [0, 0.1) is 31.6 Å². The van der Waals surface area contributed by atoms with Crippen LogP contribution in [-0.2, 0) is 6.42 Å². The molecule has 0 amide bonds. The van der Waals surface area contributed by atoms with Gasteiger partial charge in [0.25, 0.3) is 0 Å². The maximum atomic E-state index is 3.86. The van der Waals surface area contributed by atoms with Gasteiger partial charge in [0.2, 0.25) is 0 Å². The first-order valence-electron chi connectivity index (χ1n) is 8.50. The predicted molar refractivity (Wildman–Crippen MR) is 86.0 cm³/mol. The van der Waals surface area contributed by atoms with E-state index in [1.165, 1.54) is 49.8 Å². The quantitative estimate of drug-likeness (QED) is 0.815. The molecule has 2 saturated carbocycles. The zero-order valence-corrected chi connectivity index (χ0v) is 13.3. The highest BCUT2D eigenvalue weighted by molar-refractivity contribution is 5.34. The molecule has 0 heterocycles. The normalized spacial score (nSPS) is 29.2. The van der Waals surface area contributed by atoms with Crippen LogP contribution >= 0.6 is 0 Å². The molecule has 3 rings (SSSR count). The van der Waals surface area contributed by atoms with Gasteiger partial charge in [0, 0.05) is 6.04 Å². The van der Waals surface area contributed by atoms with E-state index in [9.17, 15) is 0 Å². The first-order valence-corrected chi connectivity index (χ1v) is 8.50. The lowest BCUT2D eigenvalue weighted by molar-refractivity contribution is 0.402. The third-order valence-corrected chi connectivity index (χ3v) is 5.66. The van der Waals surface area contributed by atoms with Crippen molar-refractivity contribution in [2.45, 2.75) is 58.9 Å². The van der Waals surface area contributed by atoms with Crippen LogP contribution in [0.2, 0.25) is 0 Å². The standard InChI is InChI=1S/C19H29N/c1-4-11-20-18(19-15-9-6-10-16(15)19)12-17-13(2)7-5-8-14(17)3/h5,7-8,15-16,18-20H,4,6,9-12H2,1-3H3. The number of rotatable bonds is 6. The second-order valence-corrected chi connectivity index (χ2v) is 6.97. The Kier molecular flexibility index (Phi) is 4.16. The molecule has 0 aromatic heterocycles. The van der Waals surface area contributed by atoms with Crippen LogP contribution < -0.4 is 5.32 Å². The molecule has 20 heavy (non-hydrogen) atoms. The number of fused-ring (bicyclic) bond motifs is 1. The third-order valence-electron chi connectivity index (χ3n) is 5.66. The average Bonchev–Trinajstić information content (AvgIpc) is 2.91. The fraction of sp³-hybridized carbons (Fsp3) is 0.684. The summed E-state index contributed by atoms with van der Waals surface area (Å²) in [5.41, 5.74) is 4.53. The van der Waals surface area contributed by atoms with Crippen LogP contribution in [0.4, 0.5) is 0 Å². The summed E-state index contributed by atoms with van der Waals surface area (Å²) in [6.07, 6.45) is 6.94. The lowest BCUT2D eigenvalue weighted by Crippen LogP contribution is -2.35. The molecule has 0 radical (unpaired) electrons. The molecule has 3 unspecified atom stereocenters. The van der Waals surface area contributed by atoms with E-state index in [1.807, 2.05) is 0 Å². The fourth-order valence-electron chi connectivity index (χ4n) is 4.54. The molecule has 0 bridgehead atoms. The molecule has 1 aromatic rings. The monoisotopic (exact) mass is 271 g/mol. The van der Waals surface area contributed by atoms with Crippen molar-refractivity contribution in [3.63, 3.8) is 0 Å². The van der Waals surface area contributed by atoms with Gasteiger partial charge in [0.05, 0.1) is 0 Å². The van der Waals surface area contributed by atoms with Crippen molar-refractivity contribution in [3.8, 4) is 0 Å². The van der Waals surface area contributed by atoms with Gasteiger partial charge in [-0.15, -0.1) is 0 Å². The van der Waals surface area contributed by atoms with Gasteiger partial charge >= 0.3 is 0 Å². The minimum Gasteiger partial charge on any atom is -0.313 e. The predicted octanol–water partition coefficient (Wildman–Crippen LogP) is 4.26. The second kappa shape index (κ2) is 5.89. The van der Waals surface area contributed by atoms with Crippen LogP contribution in [0.1, 0.15) is 49.3 Å². The maximum absolute atomic E-state index is 3.86. The summed E-state index contributed by atoms with van der Waals surface area (Å²) in [5.74, 6) is 3.07. The summed E-state index contributed by atoms with van der Waals surface area (Å²) in [6, 6.07) is 7.44. The minimum atomic E-state index is 0.713. The largest absolute Gasteiger partial charge is 0.313 e. The summed E-state index contributed by atoms with van der Waals surface area (Å²) in [4.78, 5) is 0. The molecule has 1 aromatic carbocycles. The Morgan fingerprint density at radius 2 is 1.80 bits per heavy atom. The number of hydrogen-bond donors (Lipinski definition) is 1. The second-order valence-electron chi connectivity index (χ2n) is 6.97. The maximum Gasteiger partial charge on any atom is 0.0141 e. The van der Waals surface area contributed by atoms with Crippen molar-refractivity contribution in [2.75, 3.05) is 6.54 Å². The Balaban J connectivity index is 1.73. The Bertz CT molecular complexity index is 435. The minimum absolute atomic E-state index is 0.713. The number of benzene rings is 1. The van der Waals surface area contributed by atoms with Crippen LogP contribution in [0.15, 0.2) is 18.2 Å². The molecule has 2 aliphatic carbocycles. The van der Waals surface area contributed by atoms with Gasteiger partial charge in [-0.25, -0.2) is 0 Å². The van der Waals surface area contributed by atoms with Crippen molar-refractivity contribution in [1.82, 2.24) is 5.32 Å². The van der Waals surface area contributed by atoms with Gasteiger partial charge in [0.15, 0.2) is 0 Å². The first kappa shape index (κ1) is 14.1. The van der Waals surface area contributed by atoms with E-state index >= 15 is 0 Å². The van der Waals surface area contributed by atoms with Crippen molar-refractivity contribution in [2.24, 2.45) is 17.8 Å². The Hall–Kier alpha value is -0.820. The summed E-state index contributed by atoms with van der Waals surface area (Å²) in [6.45, 7) is 7.99. The third kappa shape index (κ3) is 2.65. The zero-order chi connectivity index (χ0) is 14.1. The summed E-state index contributed by atoms with van der Waals surface area (Å²) in [7, 11) is 0. The Morgan fingerprint density at radius 3 is 2.40 bits per heavy atom. The molecule has 1 N–H and O–H groups in total. The molecule has 0 saturated heterocycles. The smallest absolute Gasteiger partial charge is 0.0141 e. The highest BCUT2D eigenvalue weighted by Gasteiger charge is 2.55. The van der Waals surface area contributed by atoms with Gasteiger partial charge in [0.1, 0.15) is 0 Å². The van der Waals surface area contributed by atoms with E-state index in [2.05, 4.69) is 44.3 Å². The highest BCUT2D eigenvalue weighted by atomic mass is 14.9. The van der Waals surface area contributed by atoms with Gasteiger partial charge in [-0.3, -0.25) is 0 Å². The van der Waals surface area contributed by atoms with Crippen molar-refractivity contribution in [3.05, 3.63) is 34.9 Å². The van der Waals surface area contributed by atoms with Gasteiger partial charge in [-0.1, -0.05) is 31.5 Å². The summed E-state index contributed by atoms with van der Waals surface area (Å²) in [5, 5.41) is 3.86. The van der Waals surface area contributed by atoms with Crippen LogP contribution in [0.3, 0.4) is 0 Å². The number of aryl methyl sites for hydroxylation is 2.